The Labute approximate surface area is 247 Å². The molecule has 0 bridgehead atoms. The predicted octanol–water partition coefficient (Wildman–Crippen LogP) is 5.25. The summed E-state index contributed by atoms with van der Waals surface area (Å²) in [6.07, 6.45) is -28.1. The SMILES string of the molecule is O=C(O)C(CCC(F)(F)C(F)(F)C(F)(F)C(F)(F)F)C(CCC(F)(F)C(F)(F)C(F)(F)C(F)(F)F)(C(=O)O)S(=O)(=O)O.[NaH]. The second kappa shape index (κ2) is 12.4. The molecule has 43 heavy (non-hydrogen) atoms. The number of alkyl halides is 18. The van der Waals surface area contributed by atoms with Gasteiger partial charge in [-0.25, -0.2) is 0 Å². The van der Waals surface area contributed by atoms with Crippen molar-refractivity contribution in [1.82, 2.24) is 0 Å². The molecule has 2 unspecified atom stereocenters. The van der Waals surface area contributed by atoms with E-state index in [2.05, 4.69) is 0 Å². The second-order valence-electron chi connectivity index (χ2n) is 8.30. The van der Waals surface area contributed by atoms with Crippen molar-refractivity contribution in [2.24, 2.45) is 5.92 Å². The molecule has 7 nitrogen and oxygen atoms in total. The molecule has 0 aromatic carbocycles. The van der Waals surface area contributed by atoms with Gasteiger partial charge in [-0.05, 0) is 12.8 Å². The van der Waals surface area contributed by atoms with Crippen molar-refractivity contribution >= 4 is 51.6 Å². The predicted molar refractivity (Wildman–Crippen MR) is 100 cm³/mol. The first kappa shape index (κ1) is 43.7. The van der Waals surface area contributed by atoms with Gasteiger partial charge < -0.3 is 10.2 Å². The van der Waals surface area contributed by atoms with Crippen molar-refractivity contribution in [3.63, 3.8) is 0 Å². The van der Waals surface area contributed by atoms with Gasteiger partial charge >= 0.3 is 89.4 Å². The van der Waals surface area contributed by atoms with Crippen LogP contribution in [0.5, 0.6) is 0 Å². The van der Waals surface area contributed by atoms with Gasteiger partial charge in [0.15, 0.2) is 0 Å². The molecule has 0 aromatic rings. The van der Waals surface area contributed by atoms with Crippen LogP contribution < -0.4 is 0 Å². The van der Waals surface area contributed by atoms with Crippen molar-refractivity contribution in [3.05, 3.63) is 0 Å². The molecule has 0 rings (SSSR count). The Morgan fingerprint density at radius 3 is 1.09 bits per heavy atom. The van der Waals surface area contributed by atoms with Gasteiger partial charge in [-0.1, -0.05) is 0 Å². The van der Waals surface area contributed by atoms with Crippen LogP contribution in [0, 0.1) is 5.92 Å². The van der Waals surface area contributed by atoms with Crippen LogP contribution in [0.15, 0.2) is 0 Å². The molecule has 0 aromatic heterocycles. The van der Waals surface area contributed by atoms with Crippen molar-refractivity contribution in [1.29, 1.82) is 0 Å². The summed E-state index contributed by atoms with van der Waals surface area (Å²) in [5.74, 6) is -55.3. The normalized spacial score (nSPS) is 17.1. The summed E-state index contributed by atoms with van der Waals surface area (Å²) in [7, 11) is -7.09. The topological polar surface area (TPSA) is 129 Å². The zero-order valence-electron chi connectivity index (χ0n) is 19.1. The van der Waals surface area contributed by atoms with Crippen molar-refractivity contribution < 1.29 is 112 Å². The van der Waals surface area contributed by atoms with E-state index in [1.807, 2.05) is 0 Å². The molecule has 0 saturated carbocycles. The first-order valence-corrected chi connectivity index (χ1v) is 11.2. The third-order valence-electron chi connectivity index (χ3n) is 5.66. The molecule has 0 fully saturated rings. The fourth-order valence-electron chi connectivity index (χ4n) is 3.20. The molecule has 3 N–H and O–H groups in total. The average molecular weight is 714 g/mol. The fraction of sp³-hybridized carbons (Fsp3) is 0.875. The average Bonchev–Trinajstić information content (AvgIpc) is 2.72. The summed E-state index contributed by atoms with van der Waals surface area (Å²) < 4.78 is 262. The molecule has 252 valence electrons. The standard InChI is InChI=1S/C16H12F18O7S.Na.H/c17-9(18,11(21,22)13(25,26)15(29,30)31)2-1-5(6(35)36)8(7(37)38,42(39,40)41)3-4-10(19,20)12(23,24)14(27,28)16(32,33)34;;/h5H,1-4H2,(H,35,36)(H,37,38)(H,39,40,41);;. The fourth-order valence-corrected chi connectivity index (χ4v) is 4.36. The second-order valence-corrected chi connectivity index (χ2v) is 9.98. The van der Waals surface area contributed by atoms with Gasteiger partial charge in [0, 0.05) is 12.8 Å². The number of carboxylic acids is 2. The van der Waals surface area contributed by atoms with E-state index in [1.165, 1.54) is 0 Å². The van der Waals surface area contributed by atoms with Crippen LogP contribution >= 0.6 is 0 Å². The summed E-state index contributed by atoms with van der Waals surface area (Å²) in [6, 6.07) is 0. The minimum absolute atomic E-state index is 0. The zero-order valence-corrected chi connectivity index (χ0v) is 19.9. The van der Waals surface area contributed by atoms with Crippen LogP contribution in [-0.4, -0.2) is 117 Å². The molecule has 0 heterocycles. The van der Waals surface area contributed by atoms with E-state index in [0.717, 1.165) is 0 Å². The third-order valence-corrected chi connectivity index (χ3v) is 7.24. The van der Waals surface area contributed by atoms with Gasteiger partial charge in [-0.2, -0.15) is 87.4 Å². The van der Waals surface area contributed by atoms with Crippen LogP contribution in [0.4, 0.5) is 79.0 Å². The van der Waals surface area contributed by atoms with E-state index in [0.29, 0.717) is 0 Å². The summed E-state index contributed by atoms with van der Waals surface area (Å²) in [5, 5.41) is 18.2. The Morgan fingerprint density at radius 2 is 0.860 bits per heavy atom. The molecule has 27 heteroatoms. The van der Waals surface area contributed by atoms with E-state index >= 15 is 0 Å². The third kappa shape index (κ3) is 7.37. The Morgan fingerprint density at radius 1 is 0.558 bits per heavy atom. The molecular weight excluding hydrogens is 701 g/mol. The number of hydrogen-bond donors (Lipinski definition) is 3. The quantitative estimate of drug-likeness (QED) is 0.128. The number of rotatable bonds is 14. The van der Waals surface area contributed by atoms with Gasteiger partial charge in [0.2, 0.25) is 4.75 Å². The maximum absolute atomic E-state index is 13.9. The van der Waals surface area contributed by atoms with Gasteiger partial charge in [-0.15, -0.1) is 0 Å². The van der Waals surface area contributed by atoms with Crippen LogP contribution in [0.1, 0.15) is 25.7 Å². The summed E-state index contributed by atoms with van der Waals surface area (Å²) in [4.78, 5) is 23.0. The Kier molecular flexibility index (Phi) is 12.6. The Balaban J connectivity index is 0. The summed E-state index contributed by atoms with van der Waals surface area (Å²) >= 11 is 0. The van der Waals surface area contributed by atoms with E-state index in [-0.39, 0.29) is 29.6 Å². The molecular formula is C16H13F18NaO7S. The number of hydrogen-bond acceptors (Lipinski definition) is 4. The van der Waals surface area contributed by atoms with Crippen LogP contribution in [0.25, 0.3) is 0 Å². The minimum atomic E-state index is -7.70. The maximum atomic E-state index is 13.9. The zero-order chi connectivity index (χ0) is 34.6. The van der Waals surface area contributed by atoms with Crippen molar-refractivity contribution in [2.45, 2.75) is 78.3 Å². The number of halogens is 18. The molecule has 0 spiro atoms. The van der Waals surface area contributed by atoms with E-state index in [4.69, 9.17) is 10.2 Å². The van der Waals surface area contributed by atoms with Gasteiger partial charge in [0.05, 0.1) is 5.92 Å². The van der Waals surface area contributed by atoms with Crippen molar-refractivity contribution in [2.75, 3.05) is 0 Å². The molecule has 2 atom stereocenters. The van der Waals surface area contributed by atoms with Crippen LogP contribution in [0.2, 0.25) is 0 Å². The van der Waals surface area contributed by atoms with Gasteiger partial charge in [0.25, 0.3) is 10.1 Å². The number of carboxylic acid groups (broad SMARTS) is 2. The van der Waals surface area contributed by atoms with E-state index in [1.54, 1.807) is 0 Å². The number of carbonyl (C=O) groups is 2. The number of aliphatic carboxylic acids is 2. The monoisotopic (exact) mass is 714 g/mol. The first-order valence-electron chi connectivity index (χ1n) is 9.77. The van der Waals surface area contributed by atoms with E-state index in [9.17, 15) is 102 Å². The van der Waals surface area contributed by atoms with Crippen molar-refractivity contribution in [3.8, 4) is 0 Å². The molecule has 0 saturated heterocycles. The summed E-state index contributed by atoms with van der Waals surface area (Å²) in [6.45, 7) is 0. The summed E-state index contributed by atoms with van der Waals surface area (Å²) in [5.41, 5.74) is 0. The molecule has 0 amide bonds. The Hall–Kier alpha value is -1.41. The van der Waals surface area contributed by atoms with Gasteiger partial charge in [0.1, 0.15) is 0 Å². The van der Waals surface area contributed by atoms with E-state index < -0.39 is 106 Å². The molecule has 0 radical (unpaired) electrons. The first-order chi connectivity index (χ1) is 17.9. The molecule has 0 aliphatic carbocycles. The van der Waals surface area contributed by atoms with Crippen LogP contribution in [-0.2, 0) is 19.7 Å². The van der Waals surface area contributed by atoms with Gasteiger partial charge in [-0.3, -0.25) is 14.1 Å². The Bertz CT molecular complexity index is 1130. The molecule has 0 aliphatic heterocycles. The van der Waals surface area contributed by atoms with Crippen LogP contribution in [0.3, 0.4) is 0 Å². The molecule has 0 aliphatic rings.